The van der Waals surface area contributed by atoms with Crippen molar-refractivity contribution in [1.82, 2.24) is 10.2 Å². The second-order valence-electron chi connectivity index (χ2n) is 10.0. The van der Waals surface area contributed by atoms with Crippen LogP contribution in [0.5, 0.6) is 0 Å². The normalized spacial score (nSPS) is 23.1. The molecule has 1 aliphatic heterocycles. The lowest BCUT2D eigenvalue weighted by molar-refractivity contribution is -0.140. The molecule has 2 aliphatic carbocycles. The first-order valence-corrected chi connectivity index (χ1v) is 12.6. The van der Waals surface area contributed by atoms with E-state index in [-0.39, 0.29) is 42.9 Å². The summed E-state index contributed by atoms with van der Waals surface area (Å²) in [6.45, 7) is 0.930. The number of benzene rings is 2. The molecule has 7 heteroatoms. The van der Waals surface area contributed by atoms with Crippen molar-refractivity contribution in [3.05, 3.63) is 59.7 Å². The predicted octanol–water partition coefficient (Wildman–Crippen LogP) is 4.55. The number of carbonyl (C=O) groups is 3. The van der Waals surface area contributed by atoms with E-state index in [4.69, 9.17) is 9.84 Å². The first kappa shape index (κ1) is 23.4. The SMILES string of the molecule is O=C(O)CC1CCCN1C(=O)C[C@@H]1CC[C@H](NC(=O)OCC2c3ccccc3-c3ccccc32)C1. The summed E-state index contributed by atoms with van der Waals surface area (Å²) in [5.41, 5.74) is 4.76. The van der Waals surface area contributed by atoms with Gasteiger partial charge in [-0.25, -0.2) is 4.79 Å². The van der Waals surface area contributed by atoms with Crippen molar-refractivity contribution < 1.29 is 24.2 Å². The summed E-state index contributed by atoms with van der Waals surface area (Å²) in [5, 5.41) is 12.1. The van der Waals surface area contributed by atoms with Crippen molar-refractivity contribution in [3.63, 3.8) is 0 Å². The number of likely N-dealkylation sites (tertiary alicyclic amines) is 1. The topological polar surface area (TPSA) is 95.9 Å². The third kappa shape index (κ3) is 5.04. The van der Waals surface area contributed by atoms with Crippen molar-refractivity contribution >= 4 is 18.0 Å². The molecule has 1 heterocycles. The monoisotopic (exact) mass is 476 g/mol. The van der Waals surface area contributed by atoms with Crippen LogP contribution in [0.4, 0.5) is 4.79 Å². The van der Waals surface area contributed by atoms with Crippen molar-refractivity contribution in [3.8, 4) is 11.1 Å². The maximum Gasteiger partial charge on any atom is 0.407 e. The molecule has 2 aromatic carbocycles. The van der Waals surface area contributed by atoms with E-state index in [0.717, 1.165) is 32.1 Å². The zero-order valence-corrected chi connectivity index (χ0v) is 19.8. The van der Waals surface area contributed by atoms with Crippen molar-refractivity contribution in [2.24, 2.45) is 5.92 Å². The van der Waals surface area contributed by atoms with Crippen LogP contribution in [0.15, 0.2) is 48.5 Å². The molecule has 1 saturated carbocycles. The minimum absolute atomic E-state index is 0.00292. The highest BCUT2D eigenvalue weighted by atomic mass is 16.5. The van der Waals surface area contributed by atoms with Crippen LogP contribution in [0, 0.1) is 5.92 Å². The van der Waals surface area contributed by atoms with Gasteiger partial charge in [0.15, 0.2) is 0 Å². The number of nitrogens with zero attached hydrogens (tertiary/aromatic N) is 1. The largest absolute Gasteiger partial charge is 0.481 e. The molecular weight excluding hydrogens is 444 g/mol. The van der Waals surface area contributed by atoms with Gasteiger partial charge in [0, 0.05) is 31.0 Å². The summed E-state index contributed by atoms with van der Waals surface area (Å²) in [4.78, 5) is 38.2. The third-order valence-electron chi connectivity index (χ3n) is 7.78. The van der Waals surface area contributed by atoms with E-state index in [1.807, 2.05) is 24.3 Å². The number of alkyl carbamates (subject to hydrolysis) is 1. The smallest absolute Gasteiger partial charge is 0.407 e. The van der Waals surface area contributed by atoms with E-state index in [1.165, 1.54) is 22.3 Å². The molecule has 1 unspecified atom stereocenters. The molecule has 3 aliphatic rings. The van der Waals surface area contributed by atoms with Crippen molar-refractivity contribution in [2.75, 3.05) is 13.2 Å². The van der Waals surface area contributed by atoms with E-state index in [9.17, 15) is 14.4 Å². The molecule has 2 amide bonds. The molecular formula is C28H32N2O5. The number of ether oxygens (including phenoxy) is 1. The Kier molecular flexibility index (Phi) is 6.75. The Balaban J connectivity index is 1.11. The molecule has 5 rings (SSSR count). The second kappa shape index (κ2) is 10.1. The first-order chi connectivity index (χ1) is 17.0. The van der Waals surface area contributed by atoms with Gasteiger partial charge >= 0.3 is 12.1 Å². The Morgan fingerprint density at radius 1 is 0.943 bits per heavy atom. The van der Waals surface area contributed by atoms with Gasteiger partial charge in [-0.3, -0.25) is 9.59 Å². The lowest BCUT2D eigenvalue weighted by Gasteiger charge is -2.25. The minimum atomic E-state index is -0.858. The lowest BCUT2D eigenvalue weighted by atomic mass is 9.98. The number of hydrogen-bond donors (Lipinski definition) is 2. The zero-order chi connectivity index (χ0) is 24.4. The quantitative estimate of drug-likeness (QED) is 0.611. The molecule has 0 spiro atoms. The molecule has 184 valence electrons. The summed E-state index contributed by atoms with van der Waals surface area (Å²) >= 11 is 0. The molecule has 0 radical (unpaired) electrons. The Bertz CT molecular complexity index is 1070. The predicted molar refractivity (Wildman–Crippen MR) is 131 cm³/mol. The van der Waals surface area contributed by atoms with Gasteiger partial charge in [0.25, 0.3) is 0 Å². The minimum Gasteiger partial charge on any atom is -0.481 e. The number of carboxylic acid groups (broad SMARTS) is 1. The summed E-state index contributed by atoms with van der Waals surface area (Å²) in [6.07, 6.45) is 4.08. The average molecular weight is 477 g/mol. The van der Waals surface area contributed by atoms with Gasteiger partial charge in [0.05, 0.1) is 6.42 Å². The average Bonchev–Trinajstić information content (AvgIpc) is 3.55. The molecule has 35 heavy (non-hydrogen) atoms. The molecule has 0 bridgehead atoms. The Morgan fingerprint density at radius 3 is 2.31 bits per heavy atom. The highest BCUT2D eigenvalue weighted by molar-refractivity contribution is 5.79. The Hall–Kier alpha value is -3.35. The fourth-order valence-electron chi connectivity index (χ4n) is 6.14. The summed E-state index contributed by atoms with van der Waals surface area (Å²) < 4.78 is 5.67. The maximum absolute atomic E-state index is 12.8. The number of rotatable bonds is 7. The Morgan fingerprint density at radius 2 is 1.63 bits per heavy atom. The highest BCUT2D eigenvalue weighted by Crippen LogP contribution is 2.44. The summed E-state index contributed by atoms with van der Waals surface area (Å²) in [5.74, 6) is -0.586. The van der Waals surface area contributed by atoms with Gasteiger partial charge in [-0.05, 0) is 60.3 Å². The van der Waals surface area contributed by atoms with Crippen LogP contribution >= 0.6 is 0 Å². The number of fused-ring (bicyclic) bond motifs is 3. The highest BCUT2D eigenvalue weighted by Gasteiger charge is 2.34. The number of carbonyl (C=O) groups excluding carboxylic acids is 2. The standard InChI is InChI=1S/C28H32N2O5/c31-26(30-13-5-6-20(30)16-27(32)33)15-18-11-12-19(14-18)29-28(34)35-17-25-23-9-3-1-7-21(23)22-8-2-4-10-24(22)25/h1-4,7-10,18-20,25H,5-6,11-17H2,(H,29,34)(H,32,33)/t18-,19+,20?/m1/s1. The van der Waals surface area contributed by atoms with Crippen LogP contribution in [-0.2, 0) is 14.3 Å². The molecule has 2 fully saturated rings. The number of carboxylic acids is 1. The number of hydrogen-bond acceptors (Lipinski definition) is 4. The maximum atomic E-state index is 12.8. The van der Waals surface area contributed by atoms with E-state index in [1.54, 1.807) is 4.90 Å². The molecule has 3 atom stereocenters. The van der Waals surface area contributed by atoms with Gasteiger partial charge < -0.3 is 20.1 Å². The third-order valence-corrected chi connectivity index (χ3v) is 7.78. The van der Waals surface area contributed by atoms with Crippen LogP contribution < -0.4 is 5.32 Å². The van der Waals surface area contributed by atoms with Gasteiger partial charge in [-0.2, -0.15) is 0 Å². The van der Waals surface area contributed by atoms with E-state index in [0.29, 0.717) is 13.0 Å². The fraction of sp³-hybridized carbons (Fsp3) is 0.464. The zero-order valence-electron chi connectivity index (χ0n) is 19.8. The van der Waals surface area contributed by atoms with Crippen LogP contribution in [0.1, 0.15) is 62.0 Å². The molecule has 1 saturated heterocycles. The van der Waals surface area contributed by atoms with Gasteiger partial charge in [-0.15, -0.1) is 0 Å². The van der Waals surface area contributed by atoms with Crippen molar-refractivity contribution in [1.29, 1.82) is 0 Å². The Labute approximate surface area is 205 Å². The number of amides is 2. The summed E-state index contributed by atoms with van der Waals surface area (Å²) in [6, 6.07) is 16.3. The van der Waals surface area contributed by atoms with E-state index >= 15 is 0 Å². The van der Waals surface area contributed by atoms with Gasteiger partial charge in [-0.1, -0.05) is 48.5 Å². The lowest BCUT2D eigenvalue weighted by Crippen LogP contribution is -2.38. The molecule has 7 nitrogen and oxygen atoms in total. The van der Waals surface area contributed by atoms with E-state index < -0.39 is 12.1 Å². The van der Waals surface area contributed by atoms with Crippen LogP contribution in [0.2, 0.25) is 0 Å². The van der Waals surface area contributed by atoms with Crippen molar-refractivity contribution in [2.45, 2.75) is 62.9 Å². The van der Waals surface area contributed by atoms with Crippen LogP contribution in [0.3, 0.4) is 0 Å². The number of nitrogens with one attached hydrogen (secondary N) is 1. The van der Waals surface area contributed by atoms with Crippen LogP contribution in [0.25, 0.3) is 11.1 Å². The fourth-order valence-corrected chi connectivity index (χ4v) is 6.14. The second-order valence-corrected chi connectivity index (χ2v) is 10.0. The number of aliphatic carboxylic acids is 1. The molecule has 2 N–H and O–H groups in total. The molecule has 2 aromatic rings. The van der Waals surface area contributed by atoms with Crippen LogP contribution in [-0.4, -0.2) is 53.2 Å². The van der Waals surface area contributed by atoms with Gasteiger partial charge in [0.2, 0.25) is 5.91 Å². The van der Waals surface area contributed by atoms with Gasteiger partial charge in [0.1, 0.15) is 6.61 Å². The summed E-state index contributed by atoms with van der Waals surface area (Å²) in [7, 11) is 0. The van der Waals surface area contributed by atoms with E-state index in [2.05, 4.69) is 29.6 Å². The first-order valence-electron chi connectivity index (χ1n) is 12.6. The molecule has 0 aromatic heterocycles.